The maximum Gasteiger partial charge on any atom is 0.113 e. The van der Waals surface area contributed by atoms with Crippen LogP contribution in [0.1, 0.15) is 10.8 Å². The zero-order valence-corrected chi connectivity index (χ0v) is 12.7. The lowest BCUT2D eigenvalue weighted by molar-refractivity contribution is 1.10. The molecule has 3 rings (SSSR count). The summed E-state index contributed by atoms with van der Waals surface area (Å²) in [6, 6.07) is 6.14. The highest BCUT2D eigenvalue weighted by molar-refractivity contribution is 14.1. The molecular weight excluding hydrogens is 359 g/mol. The molecule has 18 heavy (non-hydrogen) atoms. The van der Waals surface area contributed by atoms with Gasteiger partial charge >= 0.3 is 0 Å². The van der Waals surface area contributed by atoms with E-state index in [9.17, 15) is 0 Å². The number of halogens is 1. The number of H-pyrrole nitrogens is 1. The monoisotopic (exact) mass is 370 g/mol. The molecule has 0 saturated carbocycles. The summed E-state index contributed by atoms with van der Waals surface area (Å²) in [5.74, 6) is 0.941. The van der Waals surface area contributed by atoms with E-state index in [1.807, 2.05) is 25.3 Å². The molecule has 0 radical (unpaired) electrons. The summed E-state index contributed by atoms with van der Waals surface area (Å²) in [5, 5.41) is 4.47. The van der Waals surface area contributed by atoms with Gasteiger partial charge in [-0.05, 0) is 47.7 Å². The summed E-state index contributed by atoms with van der Waals surface area (Å²) in [6.07, 6.45) is 1.89. The minimum absolute atomic E-state index is 0.756. The number of aryl methyl sites for hydroxylation is 1. The Labute approximate surface area is 122 Å². The third-order valence-corrected chi connectivity index (χ3v) is 4.29. The average Bonchev–Trinajstić information content (AvgIpc) is 2.90. The van der Waals surface area contributed by atoms with Crippen molar-refractivity contribution in [2.45, 2.75) is 13.5 Å². The molecule has 6 heteroatoms. The predicted octanol–water partition coefficient (Wildman–Crippen LogP) is 3.54. The smallest absolute Gasteiger partial charge is 0.113 e. The normalized spacial score (nSPS) is 11.0. The number of benzene rings is 1. The van der Waals surface area contributed by atoms with E-state index in [4.69, 9.17) is 0 Å². The van der Waals surface area contributed by atoms with Crippen molar-refractivity contribution in [3.8, 4) is 0 Å². The van der Waals surface area contributed by atoms with Gasteiger partial charge in [0.25, 0.3) is 0 Å². The summed E-state index contributed by atoms with van der Waals surface area (Å²) in [7, 11) is 0. The number of thiazole rings is 1. The summed E-state index contributed by atoms with van der Waals surface area (Å²) in [6.45, 7) is 2.72. The molecule has 0 aliphatic heterocycles. The van der Waals surface area contributed by atoms with Crippen molar-refractivity contribution in [3.05, 3.63) is 38.1 Å². The van der Waals surface area contributed by atoms with E-state index in [2.05, 4.69) is 48.9 Å². The van der Waals surface area contributed by atoms with Crippen molar-refractivity contribution in [2.75, 3.05) is 5.32 Å². The first-order valence-corrected chi connectivity index (χ1v) is 7.41. The van der Waals surface area contributed by atoms with Gasteiger partial charge in [0.2, 0.25) is 0 Å². The maximum absolute atomic E-state index is 4.38. The van der Waals surface area contributed by atoms with Gasteiger partial charge in [-0.2, -0.15) is 0 Å². The van der Waals surface area contributed by atoms with Crippen LogP contribution in [-0.2, 0) is 6.54 Å². The highest BCUT2D eigenvalue weighted by Crippen LogP contribution is 2.19. The first-order valence-electron chi connectivity index (χ1n) is 5.51. The minimum Gasteiger partial charge on any atom is -0.378 e. The van der Waals surface area contributed by atoms with E-state index >= 15 is 0 Å². The van der Waals surface area contributed by atoms with Gasteiger partial charge in [0.05, 0.1) is 26.7 Å². The van der Waals surface area contributed by atoms with Crippen LogP contribution in [-0.4, -0.2) is 15.0 Å². The molecule has 0 fully saturated rings. The molecule has 0 aliphatic rings. The van der Waals surface area contributed by atoms with Crippen LogP contribution in [0.3, 0.4) is 0 Å². The van der Waals surface area contributed by atoms with Crippen molar-refractivity contribution in [1.29, 1.82) is 0 Å². The fraction of sp³-hybridized carbons (Fsp3) is 0.167. The Morgan fingerprint density at radius 3 is 3.11 bits per heavy atom. The largest absolute Gasteiger partial charge is 0.378 e. The number of nitrogens with one attached hydrogen (secondary N) is 2. The Balaban J connectivity index is 1.78. The fourth-order valence-corrected chi connectivity index (χ4v) is 3.28. The Morgan fingerprint density at radius 1 is 1.44 bits per heavy atom. The highest BCUT2D eigenvalue weighted by Gasteiger charge is 2.02. The number of aromatic amines is 1. The molecule has 4 nitrogen and oxygen atoms in total. The Bertz CT molecular complexity index is 688. The van der Waals surface area contributed by atoms with Gasteiger partial charge in [0.15, 0.2) is 0 Å². The standard InChI is InChI=1S/C12H11IN4S/c1-7-16-9-3-2-8(4-10(9)17-7)14-6-12-15-5-11(13)18-12/h2-5,14H,6H2,1H3,(H,16,17). The van der Waals surface area contributed by atoms with Crippen LogP contribution < -0.4 is 5.32 Å². The predicted molar refractivity (Wildman–Crippen MR) is 83.0 cm³/mol. The van der Waals surface area contributed by atoms with Gasteiger partial charge in [0.1, 0.15) is 10.8 Å². The highest BCUT2D eigenvalue weighted by atomic mass is 127. The van der Waals surface area contributed by atoms with Gasteiger partial charge in [-0.1, -0.05) is 0 Å². The molecule has 2 N–H and O–H groups in total. The van der Waals surface area contributed by atoms with E-state index < -0.39 is 0 Å². The van der Waals surface area contributed by atoms with Gasteiger partial charge in [-0.15, -0.1) is 11.3 Å². The number of hydrogen-bond donors (Lipinski definition) is 2. The Morgan fingerprint density at radius 2 is 2.33 bits per heavy atom. The van der Waals surface area contributed by atoms with Crippen molar-refractivity contribution in [1.82, 2.24) is 15.0 Å². The third kappa shape index (κ3) is 2.49. The lowest BCUT2D eigenvalue weighted by Crippen LogP contribution is -1.98. The van der Waals surface area contributed by atoms with E-state index in [-0.39, 0.29) is 0 Å². The zero-order chi connectivity index (χ0) is 12.5. The molecule has 0 saturated heterocycles. The van der Waals surface area contributed by atoms with Gasteiger partial charge in [0, 0.05) is 5.69 Å². The fourth-order valence-electron chi connectivity index (χ4n) is 1.79. The van der Waals surface area contributed by atoms with Gasteiger partial charge < -0.3 is 10.3 Å². The second kappa shape index (κ2) is 4.85. The molecule has 2 aromatic heterocycles. The molecule has 0 bridgehead atoms. The van der Waals surface area contributed by atoms with Crippen molar-refractivity contribution in [2.24, 2.45) is 0 Å². The zero-order valence-electron chi connectivity index (χ0n) is 9.70. The molecule has 0 unspecified atom stereocenters. The quantitative estimate of drug-likeness (QED) is 0.694. The number of hydrogen-bond acceptors (Lipinski definition) is 4. The minimum atomic E-state index is 0.756. The number of imidazole rings is 1. The molecule has 0 aliphatic carbocycles. The van der Waals surface area contributed by atoms with Crippen LogP contribution in [0, 0.1) is 9.81 Å². The summed E-state index contributed by atoms with van der Waals surface area (Å²) >= 11 is 3.99. The number of fused-ring (bicyclic) bond motifs is 1. The molecule has 0 atom stereocenters. The van der Waals surface area contributed by atoms with Crippen molar-refractivity contribution in [3.63, 3.8) is 0 Å². The molecule has 0 amide bonds. The Hall–Kier alpha value is -1.15. The number of nitrogens with zero attached hydrogens (tertiary/aromatic N) is 2. The average molecular weight is 370 g/mol. The van der Waals surface area contributed by atoms with E-state index in [0.29, 0.717) is 0 Å². The summed E-state index contributed by atoms with van der Waals surface area (Å²) < 4.78 is 1.21. The van der Waals surface area contributed by atoms with Crippen molar-refractivity contribution >= 4 is 50.6 Å². The van der Waals surface area contributed by atoms with Gasteiger partial charge in [-0.3, -0.25) is 0 Å². The molecule has 3 aromatic rings. The van der Waals surface area contributed by atoms with Crippen LogP contribution in [0.2, 0.25) is 0 Å². The molecule has 0 spiro atoms. The second-order valence-electron chi connectivity index (χ2n) is 3.97. The summed E-state index contributed by atoms with van der Waals surface area (Å²) in [5.41, 5.74) is 3.14. The summed E-state index contributed by atoms with van der Waals surface area (Å²) in [4.78, 5) is 11.9. The van der Waals surface area contributed by atoms with E-state index in [1.165, 1.54) is 2.88 Å². The van der Waals surface area contributed by atoms with Crippen LogP contribution in [0.15, 0.2) is 24.4 Å². The van der Waals surface area contributed by atoms with Crippen LogP contribution in [0.5, 0.6) is 0 Å². The lowest BCUT2D eigenvalue weighted by Gasteiger charge is -2.03. The SMILES string of the molecule is Cc1nc2ccc(NCc3ncc(I)s3)cc2[nH]1. The molecule has 1 aromatic carbocycles. The molecular formula is C12H11IN4S. The van der Waals surface area contributed by atoms with E-state index in [1.54, 1.807) is 11.3 Å². The first kappa shape index (κ1) is 11.9. The topological polar surface area (TPSA) is 53.6 Å². The maximum atomic E-state index is 4.38. The number of aromatic nitrogens is 3. The Kier molecular flexibility index (Phi) is 3.21. The van der Waals surface area contributed by atoms with Crippen molar-refractivity contribution < 1.29 is 0 Å². The van der Waals surface area contributed by atoms with Crippen LogP contribution >= 0.6 is 33.9 Å². The molecule has 2 heterocycles. The third-order valence-electron chi connectivity index (χ3n) is 2.57. The molecule has 92 valence electrons. The van der Waals surface area contributed by atoms with Gasteiger partial charge in [-0.25, -0.2) is 9.97 Å². The van der Waals surface area contributed by atoms with Crippen LogP contribution in [0.4, 0.5) is 5.69 Å². The second-order valence-corrected chi connectivity index (χ2v) is 6.98. The van der Waals surface area contributed by atoms with Crippen LogP contribution in [0.25, 0.3) is 11.0 Å². The number of rotatable bonds is 3. The first-order chi connectivity index (χ1) is 8.70. The van der Waals surface area contributed by atoms with E-state index in [0.717, 1.165) is 34.1 Å². The lowest BCUT2D eigenvalue weighted by atomic mass is 10.3. The number of anilines is 1.